The molecule has 0 N–H and O–H groups in total. The number of rotatable bonds is 3. The molecule has 1 heteroatoms. The lowest BCUT2D eigenvalue weighted by atomic mass is 10.2. The van der Waals surface area contributed by atoms with E-state index in [-0.39, 0.29) is 0 Å². The van der Waals surface area contributed by atoms with E-state index in [1.807, 2.05) is 12.2 Å². The molecule has 1 aliphatic heterocycles. The summed E-state index contributed by atoms with van der Waals surface area (Å²) >= 11 is 0. The van der Waals surface area contributed by atoms with Crippen molar-refractivity contribution in [2.45, 2.75) is 13.8 Å². The molecule has 1 nitrogen and oxygen atoms in total. The zero-order chi connectivity index (χ0) is 8.97. The molecule has 0 atom stereocenters. The molecule has 0 spiro atoms. The fourth-order valence-electron chi connectivity index (χ4n) is 1.47. The standard InChI is InChI=1S/C11H17N/c1-4-6-7-11-9-12(5-2)8-10(11)3/h4,6-7H,1,5,8-9H2,2-3H3/b7-6-. The normalized spacial score (nSPS) is 19.5. The molecule has 66 valence electrons. The second-order valence-corrected chi connectivity index (χ2v) is 3.20. The van der Waals surface area contributed by atoms with Crippen molar-refractivity contribution in [3.05, 3.63) is 36.0 Å². The van der Waals surface area contributed by atoms with Gasteiger partial charge in [0.05, 0.1) is 0 Å². The van der Waals surface area contributed by atoms with Crippen molar-refractivity contribution in [1.29, 1.82) is 0 Å². The minimum Gasteiger partial charge on any atom is -0.295 e. The average Bonchev–Trinajstić information content (AvgIpc) is 2.43. The molecule has 0 fully saturated rings. The van der Waals surface area contributed by atoms with Gasteiger partial charge in [-0.3, -0.25) is 4.90 Å². The van der Waals surface area contributed by atoms with E-state index in [9.17, 15) is 0 Å². The molecule has 12 heavy (non-hydrogen) atoms. The third-order valence-electron chi connectivity index (χ3n) is 2.28. The SMILES string of the molecule is C=C/C=C\C1=C(C)CN(CC)C1. The van der Waals surface area contributed by atoms with Crippen molar-refractivity contribution in [3.8, 4) is 0 Å². The lowest BCUT2D eigenvalue weighted by molar-refractivity contribution is 0.366. The van der Waals surface area contributed by atoms with Crippen molar-refractivity contribution in [2.24, 2.45) is 0 Å². The Hall–Kier alpha value is -0.820. The lowest BCUT2D eigenvalue weighted by Gasteiger charge is -2.10. The predicted molar refractivity (Wildman–Crippen MR) is 54.2 cm³/mol. The minimum absolute atomic E-state index is 1.10. The third kappa shape index (κ3) is 2.08. The summed E-state index contributed by atoms with van der Waals surface area (Å²) in [6, 6.07) is 0. The van der Waals surface area contributed by atoms with E-state index in [0.29, 0.717) is 0 Å². The van der Waals surface area contributed by atoms with Crippen molar-refractivity contribution >= 4 is 0 Å². The summed E-state index contributed by atoms with van der Waals surface area (Å²) in [5.41, 5.74) is 2.95. The Balaban J connectivity index is 2.59. The van der Waals surface area contributed by atoms with Gasteiger partial charge in [-0.05, 0) is 19.0 Å². The molecule has 1 rings (SSSR count). The first kappa shape index (κ1) is 9.27. The quantitative estimate of drug-likeness (QED) is 0.577. The molecule has 0 aromatic heterocycles. The van der Waals surface area contributed by atoms with Crippen LogP contribution < -0.4 is 0 Å². The summed E-state index contributed by atoms with van der Waals surface area (Å²) in [5, 5.41) is 0. The molecule has 0 aliphatic carbocycles. The summed E-state index contributed by atoms with van der Waals surface area (Å²) in [6.07, 6.45) is 6.00. The molecule has 0 bridgehead atoms. The maximum Gasteiger partial charge on any atom is 0.0236 e. The van der Waals surface area contributed by atoms with E-state index >= 15 is 0 Å². The molecule has 0 saturated carbocycles. The van der Waals surface area contributed by atoms with Gasteiger partial charge in [-0.1, -0.05) is 37.3 Å². The molecule has 0 saturated heterocycles. The highest BCUT2D eigenvalue weighted by atomic mass is 15.1. The maximum absolute atomic E-state index is 3.66. The largest absolute Gasteiger partial charge is 0.295 e. The summed E-state index contributed by atoms with van der Waals surface area (Å²) < 4.78 is 0. The Kier molecular flexibility index (Phi) is 3.30. The van der Waals surface area contributed by atoms with Crippen molar-refractivity contribution in [2.75, 3.05) is 19.6 Å². The molecule has 1 heterocycles. The second-order valence-electron chi connectivity index (χ2n) is 3.20. The summed E-state index contributed by atoms with van der Waals surface area (Å²) in [5.74, 6) is 0. The van der Waals surface area contributed by atoms with E-state index in [1.54, 1.807) is 0 Å². The first-order valence-electron chi connectivity index (χ1n) is 4.48. The van der Waals surface area contributed by atoms with E-state index in [2.05, 4.69) is 31.4 Å². The van der Waals surface area contributed by atoms with Gasteiger partial charge >= 0.3 is 0 Å². The lowest BCUT2D eigenvalue weighted by Crippen LogP contribution is -2.20. The fourth-order valence-corrected chi connectivity index (χ4v) is 1.47. The molecule has 0 unspecified atom stereocenters. The van der Waals surface area contributed by atoms with Crippen LogP contribution in [0, 0.1) is 0 Å². The highest BCUT2D eigenvalue weighted by Crippen LogP contribution is 2.17. The third-order valence-corrected chi connectivity index (χ3v) is 2.28. The predicted octanol–water partition coefficient (Wildman–Crippen LogP) is 2.38. The van der Waals surface area contributed by atoms with E-state index in [0.717, 1.165) is 19.6 Å². The van der Waals surface area contributed by atoms with Crippen LogP contribution in [0.2, 0.25) is 0 Å². The second kappa shape index (κ2) is 4.27. The highest BCUT2D eigenvalue weighted by Gasteiger charge is 2.14. The number of allylic oxidation sites excluding steroid dienone is 2. The topological polar surface area (TPSA) is 3.24 Å². The van der Waals surface area contributed by atoms with Crippen molar-refractivity contribution in [3.63, 3.8) is 0 Å². The molecule has 0 amide bonds. The van der Waals surface area contributed by atoms with Crippen LogP contribution >= 0.6 is 0 Å². The first-order chi connectivity index (χ1) is 5.77. The number of likely N-dealkylation sites (N-methyl/N-ethyl adjacent to an activating group) is 1. The maximum atomic E-state index is 3.66. The van der Waals surface area contributed by atoms with Gasteiger partial charge in [0.15, 0.2) is 0 Å². The summed E-state index contributed by atoms with van der Waals surface area (Å²) in [6.45, 7) is 11.4. The average molecular weight is 163 g/mol. The summed E-state index contributed by atoms with van der Waals surface area (Å²) in [4.78, 5) is 2.43. The number of nitrogens with zero attached hydrogens (tertiary/aromatic N) is 1. The minimum atomic E-state index is 1.10. The van der Waals surface area contributed by atoms with Crippen molar-refractivity contribution < 1.29 is 0 Å². The van der Waals surface area contributed by atoms with Gasteiger partial charge in [-0.25, -0.2) is 0 Å². The monoisotopic (exact) mass is 163 g/mol. The van der Waals surface area contributed by atoms with Gasteiger partial charge < -0.3 is 0 Å². The van der Waals surface area contributed by atoms with Gasteiger partial charge in [-0.2, -0.15) is 0 Å². The van der Waals surface area contributed by atoms with E-state index in [1.165, 1.54) is 11.1 Å². The zero-order valence-corrected chi connectivity index (χ0v) is 8.01. The molecular weight excluding hydrogens is 146 g/mol. The van der Waals surface area contributed by atoms with Gasteiger partial charge in [0.2, 0.25) is 0 Å². The molecule has 0 radical (unpaired) electrons. The Morgan fingerprint density at radius 1 is 1.50 bits per heavy atom. The van der Waals surface area contributed by atoms with Crippen LogP contribution in [-0.4, -0.2) is 24.5 Å². The Labute approximate surface area is 75.1 Å². The van der Waals surface area contributed by atoms with Gasteiger partial charge in [0, 0.05) is 13.1 Å². The van der Waals surface area contributed by atoms with Crippen LogP contribution in [0.4, 0.5) is 0 Å². The van der Waals surface area contributed by atoms with Crippen LogP contribution in [0.1, 0.15) is 13.8 Å². The van der Waals surface area contributed by atoms with Crippen LogP contribution in [0.3, 0.4) is 0 Å². The fraction of sp³-hybridized carbons (Fsp3) is 0.455. The van der Waals surface area contributed by atoms with Crippen LogP contribution in [0.25, 0.3) is 0 Å². The zero-order valence-electron chi connectivity index (χ0n) is 8.01. The van der Waals surface area contributed by atoms with Crippen LogP contribution in [0.5, 0.6) is 0 Å². The first-order valence-corrected chi connectivity index (χ1v) is 4.48. The van der Waals surface area contributed by atoms with Crippen LogP contribution in [0.15, 0.2) is 36.0 Å². The van der Waals surface area contributed by atoms with E-state index < -0.39 is 0 Å². The highest BCUT2D eigenvalue weighted by molar-refractivity contribution is 5.32. The summed E-state index contributed by atoms with van der Waals surface area (Å²) in [7, 11) is 0. The number of hydrogen-bond donors (Lipinski definition) is 0. The Morgan fingerprint density at radius 3 is 2.75 bits per heavy atom. The molecule has 0 aromatic carbocycles. The van der Waals surface area contributed by atoms with E-state index in [4.69, 9.17) is 0 Å². The van der Waals surface area contributed by atoms with Gasteiger partial charge in [0.25, 0.3) is 0 Å². The molecule has 0 aromatic rings. The Morgan fingerprint density at radius 2 is 2.25 bits per heavy atom. The van der Waals surface area contributed by atoms with Crippen LogP contribution in [-0.2, 0) is 0 Å². The molecule has 1 aliphatic rings. The Bertz CT molecular complexity index is 223. The van der Waals surface area contributed by atoms with Gasteiger partial charge in [0.1, 0.15) is 0 Å². The number of hydrogen-bond acceptors (Lipinski definition) is 1. The van der Waals surface area contributed by atoms with Gasteiger partial charge in [-0.15, -0.1) is 0 Å². The molecular formula is C11H17N. The van der Waals surface area contributed by atoms with Crippen molar-refractivity contribution in [1.82, 2.24) is 4.90 Å². The smallest absolute Gasteiger partial charge is 0.0236 e.